The van der Waals surface area contributed by atoms with Crippen molar-refractivity contribution in [1.82, 2.24) is 4.90 Å². The fraction of sp³-hybridized carbons (Fsp3) is 0.455. The van der Waals surface area contributed by atoms with Gasteiger partial charge in [0.2, 0.25) is 0 Å². The normalized spacial score (nSPS) is 26.1. The second-order valence-corrected chi connectivity index (χ2v) is 8.67. The summed E-state index contributed by atoms with van der Waals surface area (Å²) in [5.74, 6) is 1.21. The van der Waals surface area contributed by atoms with Crippen LogP contribution in [0.2, 0.25) is 0 Å². The highest BCUT2D eigenvalue weighted by Gasteiger charge is 2.46. The van der Waals surface area contributed by atoms with Gasteiger partial charge in [-0.15, -0.1) is 0 Å². The fourth-order valence-electron chi connectivity index (χ4n) is 3.86. The van der Waals surface area contributed by atoms with Gasteiger partial charge in [0.05, 0.1) is 5.41 Å². The van der Waals surface area contributed by atoms with E-state index < -0.39 is 0 Å². The van der Waals surface area contributed by atoms with E-state index in [0.29, 0.717) is 0 Å². The summed E-state index contributed by atoms with van der Waals surface area (Å²) in [5, 5.41) is 1.13. The number of rotatable bonds is 4. The highest BCUT2D eigenvalue weighted by molar-refractivity contribution is 8.17. The number of nitrogens with zero attached hydrogens (tertiary/aromatic N) is 3. The quantitative estimate of drug-likeness (QED) is 0.594. The summed E-state index contributed by atoms with van der Waals surface area (Å²) in [6, 6.07) is 8.16. The van der Waals surface area contributed by atoms with Crippen LogP contribution in [0.25, 0.3) is 5.57 Å². The molecule has 2 heterocycles. The van der Waals surface area contributed by atoms with Gasteiger partial charge in [0.25, 0.3) is 0 Å². The molecule has 0 radical (unpaired) electrons. The molecule has 4 rings (SSSR count). The highest BCUT2D eigenvalue weighted by atomic mass is 32.2. The third kappa shape index (κ3) is 3.45. The van der Waals surface area contributed by atoms with Crippen molar-refractivity contribution in [3.05, 3.63) is 46.9 Å². The van der Waals surface area contributed by atoms with E-state index in [4.69, 9.17) is 15.7 Å². The zero-order chi connectivity index (χ0) is 18.9. The van der Waals surface area contributed by atoms with E-state index in [2.05, 4.69) is 43.0 Å². The molecule has 142 valence electrons. The third-order valence-corrected chi connectivity index (χ3v) is 6.87. The zero-order valence-electron chi connectivity index (χ0n) is 16.2. The van der Waals surface area contributed by atoms with Crippen molar-refractivity contribution in [2.45, 2.75) is 39.5 Å². The lowest BCUT2D eigenvalue weighted by atomic mass is 9.78. The first-order valence-electron chi connectivity index (χ1n) is 9.95. The number of fused-ring (bicyclic) bond motifs is 3. The molecule has 1 aromatic rings. The summed E-state index contributed by atoms with van der Waals surface area (Å²) in [7, 11) is 0. The first-order chi connectivity index (χ1) is 13.1. The lowest BCUT2D eigenvalue weighted by Gasteiger charge is -2.47. The molecule has 0 saturated carbocycles. The molecule has 1 unspecified atom stereocenters. The molecule has 5 heteroatoms. The Hall–Kier alpha value is -2.01. The number of amidine groups is 2. The topological polar surface area (TPSA) is 54.0 Å². The summed E-state index contributed by atoms with van der Waals surface area (Å²) >= 11 is 1.84. The van der Waals surface area contributed by atoms with Crippen LogP contribution in [0.15, 0.2) is 51.3 Å². The Morgan fingerprint density at radius 3 is 2.89 bits per heavy atom. The molecule has 1 saturated heterocycles. The van der Waals surface area contributed by atoms with E-state index in [1.54, 1.807) is 0 Å². The molecule has 2 N–H and O–H groups in total. The van der Waals surface area contributed by atoms with Crippen LogP contribution < -0.4 is 5.73 Å². The zero-order valence-corrected chi connectivity index (χ0v) is 17.1. The summed E-state index contributed by atoms with van der Waals surface area (Å²) in [6.07, 6.45) is 9.08. The van der Waals surface area contributed by atoms with Gasteiger partial charge >= 0.3 is 0 Å². The summed E-state index contributed by atoms with van der Waals surface area (Å²) < 4.78 is 0. The van der Waals surface area contributed by atoms with Crippen molar-refractivity contribution >= 4 is 34.0 Å². The number of unbranched alkanes of at least 4 members (excludes halogenated alkanes) is 1. The number of hydrogen-bond donors (Lipinski definition) is 1. The number of nitrogens with two attached hydrogens (primary N) is 1. The van der Waals surface area contributed by atoms with Gasteiger partial charge in [0.15, 0.2) is 5.17 Å². The Labute approximate surface area is 166 Å². The first kappa shape index (κ1) is 18.4. The molecule has 1 atom stereocenters. The molecule has 1 aliphatic carbocycles. The molecule has 0 aromatic heterocycles. The minimum Gasteiger partial charge on any atom is -0.399 e. The van der Waals surface area contributed by atoms with Crippen LogP contribution in [0.3, 0.4) is 0 Å². The second-order valence-electron chi connectivity index (χ2n) is 7.66. The highest BCUT2D eigenvalue weighted by Crippen LogP contribution is 2.51. The predicted molar refractivity (Wildman–Crippen MR) is 118 cm³/mol. The van der Waals surface area contributed by atoms with E-state index in [-0.39, 0.29) is 5.41 Å². The van der Waals surface area contributed by atoms with Gasteiger partial charge in [-0.3, -0.25) is 9.98 Å². The van der Waals surface area contributed by atoms with Crippen LogP contribution in [0.4, 0.5) is 5.69 Å². The molecule has 0 bridgehead atoms. The summed E-state index contributed by atoms with van der Waals surface area (Å²) in [4.78, 5) is 13.6. The van der Waals surface area contributed by atoms with Crippen molar-refractivity contribution in [3.63, 3.8) is 0 Å². The predicted octanol–water partition coefficient (Wildman–Crippen LogP) is 4.95. The molecule has 4 nitrogen and oxygen atoms in total. The van der Waals surface area contributed by atoms with E-state index >= 15 is 0 Å². The van der Waals surface area contributed by atoms with Crippen LogP contribution in [0.1, 0.15) is 45.1 Å². The minimum absolute atomic E-state index is 0.0355. The maximum absolute atomic E-state index is 5.86. The van der Waals surface area contributed by atoms with Gasteiger partial charge in [0, 0.05) is 30.2 Å². The number of thioether (sulfide) groups is 1. The molecule has 1 fully saturated rings. The smallest absolute Gasteiger partial charge is 0.169 e. The molecule has 27 heavy (non-hydrogen) atoms. The lowest BCUT2D eigenvalue weighted by Crippen LogP contribution is -2.52. The van der Waals surface area contributed by atoms with Crippen LogP contribution in [0, 0.1) is 5.41 Å². The Morgan fingerprint density at radius 2 is 2.11 bits per heavy atom. The molecule has 2 aliphatic heterocycles. The minimum atomic E-state index is -0.0355. The Kier molecular flexibility index (Phi) is 5.13. The average molecular weight is 381 g/mol. The van der Waals surface area contributed by atoms with E-state index in [1.165, 1.54) is 28.3 Å². The SMILES string of the molecule is CCCCN=C1SC2=CC(c3ccc(N)cc3)=CCC2(C)C2=NCCCN12. The van der Waals surface area contributed by atoms with Crippen molar-refractivity contribution in [3.8, 4) is 0 Å². The first-order valence-corrected chi connectivity index (χ1v) is 10.8. The molecule has 0 spiro atoms. The van der Waals surface area contributed by atoms with Crippen molar-refractivity contribution in [2.75, 3.05) is 25.4 Å². The number of hydrogen-bond acceptors (Lipinski definition) is 4. The van der Waals surface area contributed by atoms with Gasteiger partial charge in [0.1, 0.15) is 5.84 Å². The Morgan fingerprint density at radius 1 is 1.30 bits per heavy atom. The maximum Gasteiger partial charge on any atom is 0.169 e. The van der Waals surface area contributed by atoms with Gasteiger partial charge in [-0.05, 0) is 55.5 Å². The maximum atomic E-state index is 5.86. The third-order valence-electron chi connectivity index (χ3n) is 5.55. The van der Waals surface area contributed by atoms with Gasteiger partial charge in [-0.1, -0.05) is 43.3 Å². The summed E-state index contributed by atoms with van der Waals surface area (Å²) in [5.41, 5.74) is 9.11. The largest absolute Gasteiger partial charge is 0.399 e. The molecular weight excluding hydrogens is 352 g/mol. The standard InChI is InChI=1S/C22H28N4S/c1-3-4-12-25-21-26-14-5-13-24-20(26)22(2)11-10-17(15-19(22)27-21)16-6-8-18(23)9-7-16/h6-10,15H,3-5,11-14,23H2,1-2H3. The number of benzene rings is 1. The molecule has 1 aromatic carbocycles. The van der Waals surface area contributed by atoms with Crippen LogP contribution in [0.5, 0.6) is 0 Å². The van der Waals surface area contributed by atoms with E-state index in [0.717, 1.165) is 49.8 Å². The fourth-order valence-corrected chi connectivity index (χ4v) is 5.09. The summed E-state index contributed by atoms with van der Waals surface area (Å²) in [6.45, 7) is 7.41. The van der Waals surface area contributed by atoms with Crippen LogP contribution in [-0.2, 0) is 0 Å². The van der Waals surface area contributed by atoms with E-state index in [9.17, 15) is 0 Å². The van der Waals surface area contributed by atoms with Gasteiger partial charge in [-0.2, -0.15) is 0 Å². The van der Waals surface area contributed by atoms with Gasteiger partial charge < -0.3 is 10.6 Å². The van der Waals surface area contributed by atoms with Gasteiger partial charge in [-0.25, -0.2) is 0 Å². The average Bonchev–Trinajstić information content (AvgIpc) is 2.69. The Bertz CT molecular complexity index is 834. The Balaban J connectivity index is 1.70. The molecule has 3 aliphatic rings. The van der Waals surface area contributed by atoms with Crippen LogP contribution >= 0.6 is 11.8 Å². The van der Waals surface area contributed by atoms with Crippen molar-refractivity contribution < 1.29 is 0 Å². The van der Waals surface area contributed by atoms with Crippen LogP contribution in [-0.4, -0.2) is 35.5 Å². The molecular formula is C22H28N4S. The van der Waals surface area contributed by atoms with E-state index in [1.807, 2.05) is 23.9 Å². The van der Waals surface area contributed by atoms with Crippen molar-refractivity contribution in [2.24, 2.45) is 15.4 Å². The second kappa shape index (κ2) is 7.55. The van der Waals surface area contributed by atoms with Crippen molar-refractivity contribution in [1.29, 1.82) is 0 Å². The number of allylic oxidation sites excluding steroid dienone is 3. The monoisotopic (exact) mass is 380 g/mol. The number of aliphatic imine (C=N–C) groups is 2. The number of anilines is 1. The number of nitrogen functional groups attached to an aromatic ring is 1. The lowest BCUT2D eigenvalue weighted by molar-refractivity contribution is 0.453. The molecule has 0 amide bonds.